The van der Waals surface area contributed by atoms with Crippen LogP contribution in [0.1, 0.15) is 50.2 Å². The number of hydrogen-bond acceptors (Lipinski definition) is 7. The Morgan fingerprint density at radius 1 is 1.23 bits per heavy atom. The average Bonchev–Trinajstić information content (AvgIpc) is 3.39. The maximum atomic E-state index is 14.2. The Balaban J connectivity index is 1.69. The molecule has 3 aromatic rings. The molecule has 0 bridgehead atoms. The fourth-order valence-corrected chi connectivity index (χ4v) is 4.75. The molecule has 1 aromatic carbocycles. The molecule has 0 aliphatic rings. The molecular weight excluding hydrogens is 437 g/mol. The minimum Gasteiger partial charge on any atom is -0.297 e. The molecule has 1 N–H and O–H groups in total. The fraction of sp³-hybridized carbons (Fsp3) is 0.286. The van der Waals surface area contributed by atoms with Crippen LogP contribution in [0.25, 0.3) is 6.08 Å². The van der Waals surface area contributed by atoms with Crippen LogP contribution in [0.15, 0.2) is 35.7 Å². The van der Waals surface area contributed by atoms with Gasteiger partial charge in [-0.05, 0) is 31.1 Å². The van der Waals surface area contributed by atoms with E-state index in [1.165, 1.54) is 58.8 Å². The summed E-state index contributed by atoms with van der Waals surface area (Å²) in [5, 5.41) is 14.2. The number of rotatable bonds is 8. The highest BCUT2D eigenvalue weighted by molar-refractivity contribution is 7.15. The van der Waals surface area contributed by atoms with E-state index in [9.17, 15) is 14.0 Å². The van der Waals surface area contributed by atoms with Gasteiger partial charge >= 0.3 is 0 Å². The molecule has 0 saturated carbocycles. The molecule has 0 saturated heterocycles. The molecule has 0 aliphatic heterocycles. The van der Waals surface area contributed by atoms with Crippen molar-refractivity contribution in [1.82, 2.24) is 15.2 Å². The van der Waals surface area contributed by atoms with E-state index in [4.69, 9.17) is 0 Å². The molecule has 2 heterocycles. The number of aromatic nitrogens is 3. The van der Waals surface area contributed by atoms with E-state index in [2.05, 4.69) is 34.3 Å². The molecule has 7 nitrogen and oxygen atoms in total. The predicted molar refractivity (Wildman–Crippen MR) is 122 cm³/mol. The van der Waals surface area contributed by atoms with E-state index in [0.717, 1.165) is 17.8 Å². The number of carbonyl (C=O) groups excluding carboxylic acids is 2. The molecule has 2 amide bonds. The molecular formula is C21H22FN5O2S2. The van der Waals surface area contributed by atoms with Gasteiger partial charge in [0.15, 0.2) is 5.13 Å². The van der Waals surface area contributed by atoms with Crippen LogP contribution in [0.5, 0.6) is 0 Å². The van der Waals surface area contributed by atoms with E-state index in [1.807, 2.05) is 0 Å². The number of nitrogens with zero attached hydrogens (tertiary/aromatic N) is 4. The Hall–Kier alpha value is -2.98. The van der Waals surface area contributed by atoms with Crippen molar-refractivity contribution in [3.8, 4) is 0 Å². The normalized spacial score (nSPS) is 11.3. The standard InChI is InChI=1S/C21H22FN5O2S2/c1-4-14(5-2)19-25-26-20(31-19)24-18(29)11-10-15-12-30-21(23-15)27(13(3)28)17-9-7-6-8-16(17)22/h6-12,14H,4-5H2,1-3H3,(H,24,26,29)/b11-10+. The van der Waals surface area contributed by atoms with Crippen molar-refractivity contribution in [2.24, 2.45) is 0 Å². The molecule has 0 fully saturated rings. The first-order valence-corrected chi connectivity index (χ1v) is 11.5. The lowest BCUT2D eigenvalue weighted by molar-refractivity contribution is -0.116. The van der Waals surface area contributed by atoms with E-state index in [-0.39, 0.29) is 17.5 Å². The van der Waals surface area contributed by atoms with Crippen molar-refractivity contribution in [3.05, 3.63) is 52.2 Å². The van der Waals surface area contributed by atoms with Gasteiger partial charge in [0.2, 0.25) is 16.9 Å². The quantitative estimate of drug-likeness (QED) is 0.457. The second kappa shape index (κ2) is 10.4. The SMILES string of the molecule is CCC(CC)c1nnc(NC(=O)/C=C/c2csc(N(C(C)=O)c3ccccc3F)n2)s1. The molecule has 31 heavy (non-hydrogen) atoms. The molecule has 0 aliphatic carbocycles. The van der Waals surface area contributed by atoms with Gasteiger partial charge in [-0.15, -0.1) is 21.5 Å². The number of para-hydroxylation sites is 1. The van der Waals surface area contributed by atoms with E-state index in [0.29, 0.717) is 21.9 Å². The molecule has 162 valence electrons. The van der Waals surface area contributed by atoms with Gasteiger partial charge < -0.3 is 0 Å². The number of halogens is 1. The van der Waals surface area contributed by atoms with Crippen molar-refractivity contribution < 1.29 is 14.0 Å². The zero-order valence-corrected chi connectivity index (χ0v) is 19.0. The van der Waals surface area contributed by atoms with Crippen LogP contribution in [0.4, 0.5) is 20.3 Å². The van der Waals surface area contributed by atoms with E-state index in [1.54, 1.807) is 17.5 Å². The number of amides is 2. The smallest absolute Gasteiger partial charge is 0.250 e. The van der Waals surface area contributed by atoms with Gasteiger partial charge in [-0.2, -0.15) is 0 Å². The summed E-state index contributed by atoms with van der Waals surface area (Å²) in [7, 11) is 0. The van der Waals surface area contributed by atoms with Gasteiger partial charge in [-0.1, -0.05) is 37.3 Å². The Labute approximate surface area is 187 Å². The zero-order chi connectivity index (χ0) is 22.4. The largest absolute Gasteiger partial charge is 0.297 e. The number of anilines is 3. The monoisotopic (exact) mass is 459 g/mol. The summed E-state index contributed by atoms with van der Waals surface area (Å²) >= 11 is 2.55. The summed E-state index contributed by atoms with van der Waals surface area (Å²) in [5.74, 6) is -0.906. The first-order chi connectivity index (χ1) is 14.9. The highest BCUT2D eigenvalue weighted by atomic mass is 32.1. The van der Waals surface area contributed by atoms with Gasteiger partial charge in [0.25, 0.3) is 0 Å². The van der Waals surface area contributed by atoms with Crippen molar-refractivity contribution in [2.45, 2.75) is 39.5 Å². The summed E-state index contributed by atoms with van der Waals surface area (Å²) < 4.78 is 14.2. The summed E-state index contributed by atoms with van der Waals surface area (Å²) in [6, 6.07) is 6.00. The van der Waals surface area contributed by atoms with Crippen molar-refractivity contribution in [1.29, 1.82) is 0 Å². The lowest BCUT2D eigenvalue weighted by atomic mass is 10.1. The summed E-state index contributed by atoms with van der Waals surface area (Å²) in [5.41, 5.74) is 0.606. The number of benzene rings is 1. The highest BCUT2D eigenvalue weighted by Crippen LogP contribution is 2.31. The third kappa shape index (κ3) is 5.59. The first kappa shape index (κ1) is 22.7. The number of carbonyl (C=O) groups is 2. The van der Waals surface area contributed by atoms with Crippen molar-refractivity contribution >= 4 is 56.5 Å². The maximum Gasteiger partial charge on any atom is 0.250 e. The van der Waals surface area contributed by atoms with E-state index >= 15 is 0 Å². The minimum atomic E-state index is -0.519. The Kier molecular flexibility index (Phi) is 7.59. The van der Waals surface area contributed by atoms with Crippen LogP contribution in [0, 0.1) is 5.82 Å². The summed E-state index contributed by atoms with van der Waals surface area (Å²) in [6.07, 6.45) is 4.79. The molecule has 0 radical (unpaired) electrons. The summed E-state index contributed by atoms with van der Waals surface area (Å²) in [4.78, 5) is 29.9. The molecule has 3 rings (SSSR count). The van der Waals surface area contributed by atoms with Gasteiger partial charge in [0.1, 0.15) is 10.8 Å². The zero-order valence-electron chi connectivity index (χ0n) is 17.3. The molecule has 10 heteroatoms. The van der Waals surface area contributed by atoms with Crippen LogP contribution in [0.3, 0.4) is 0 Å². The lowest BCUT2D eigenvalue weighted by Gasteiger charge is -2.18. The second-order valence-electron chi connectivity index (χ2n) is 6.64. The Bertz CT molecular complexity index is 1090. The van der Waals surface area contributed by atoms with Crippen LogP contribution >= 0.6 is 22.7 Å². The van der Waals surface area contributed by atoms with Gasteiger partial charge in [0.05, 0.1) is 11.4 Å². The number of thiazole rings is 1. The Morgan fingerprint density at radius 3 is 2.65 bits per heavy atom. The fourth-order valence-electron chi connectivity index (χ4n) is 2.89. The van der Waals surface area contributed by atoms with Crippen molar-refractivity contribution in [3.63, 3.8) is 0 Å². The maximum absolute atomic E-state index is 14.2. The van der Waals surface area contributed by atoms with Crippen LogP contribution in [0.2, 0.25) is 0 Å². The number of hydrogen-bond donors (Lipinski definition) is 1. The molecule has 2 aromatic heterocycles. The topological polar surface area (TPSA) is 88.1 Å². The predicted octanol–water partition coefficient (Wildman–Crippen LogP) is 5.37. The average molecular weight is 460 g/mol. The first-order valence-electron chi connectivity index (χ1n) is 9.76. The minimum absolute atomic E-state index is 0.127. The van der Waals surface area contributed by atoms with Crippen LogP contribution in [-0.2, 0) is 9.59 Å². The molecule has 0 atom stereocenters. The Morgan fingerprint density at radius 2 is 1.97 bits per heavy atom. The number of nitrogens with one attached hydrogen (secondary N) is 1. The second-order valence-corrected chi connectivity index (χ2v) is 8.49. The van der Waals surface area contributed by atoms with Crippen LogP contribution < -0.4 is 10.2 Å². The van der Waals surface area contributed by atoms with Crippen LogP contribution in [-0.4, -0.2) is 27.0 Å². The van der Waals surface area contributed by atoms with Crippen molar-refractivity contribution in [2.75, 3.05) is 10.2 Å². The lowest BCUT2D eigenvalue weighted by Crippen LogP contribution is -2.23. The summed E-state index contributed by atoms with van der Waals surface area (Å²) in [6.45, 7) is 5.53. The third-order valence-corrected chi connectivity index (χ3v) is 6.37. The van der Waals surface area contributed by atoms with Gasteiger partial charge in [-0.25, -0.2) is 9.37 Å². The van der Waals surface area contributed by atoms with Gasteiger partial charge in [0, 0.05) is 24.3 Å². The van der Waals surface area contributed by atoms with Gasteiger partial charge in [-0.3, -0.25) is 19.8 Å². The third-order valence-electron chi connectivity index (χ3n) is 4.52. The molecule has 0 unspecified atom stereocenters. The highest BCUT2D eigenvalue weighted by Gasteiger charge is 2.20. The molecule has 0 spiro atoms. The van der Waals surface area contributed by atoms with E-state index < -0.39 is 5.82 Å².